The molecular weight excluding hydrogens is 326 g/mol. The Hall–Kier alpha value is -2.12. The van der Waals surface area contributed by atoms with Crippen molar-refractivity contribution in [3.8, 4) is 11.5 Å². The molecule has 3 rings (SSSR count). The molecule has 2 aromatic rings. The molecule has 0 atom stereocenters. The molecule has 0 radical (unpaired) electrons. The lowest BCUT2D eigenvalue weighted by atomic mass is 10.2. The molecule has 1 aromatic heterocycles. The van der Waals surface area contributed by atoms with Gasteiger partial charge in [0.15, 0.2) is 11.7 Å². The molecule has 0 unspecified atom stereocenters. The normalized spacial score (nSPS) is 14.1. The SMILES string of the molecule is CCOc1ccc(OCC(=O)Nc2nc3c(s2)CN(C)CC3)cc1. The number of likely N-dealkylation sites (N-methyl/N-ethyl adjacent to an activating group) is 1. The third-order valence-electron chi connectivity index (χ3n) is 3.67. The van der Waals surface area contributed by atoms with E-state index in [1.54, 1.807) is 12.1 Å². The molecule has 1 aromatic carbocycles. The molecule has 0 aliphatic carbocycles. The lowest BCUT2D eigenvalue weighted by Gasteiger charge is -2.20. The molecule has 6 nitrogen and oxygen atoms in total. The first-order chi connectivity index (χ1) is 11.6. The fourth-order valence-corrected chi connectivity index (χ4v) is 3.58. The highest BCUT2D eigenvalue weighted by molar-refractivity contribution is 7.15. The van der Waals surface area contributed by atoms with E-state index in [0.717, 1.165) is 31.0 Å². The first-order valence-corrected chi connectivity index (χ1v) is 8.78. The number of fused-ring (bicyclic) bond motifs is 1. The second-order valence-electron chi connectivity index (χ2n) is 5.62. The number of anilines is 1. The van der Waals surface area contributed by atoms with Crippen LogP contribution in [0.15, 0.2) is 24.3 Å². The van der Waals surface area contributed by atoms with Gasteiger partial charge < -0.3 is 14.4 Å². The minimum atomic E-state index is -0.205. The summed E-state index contributed by atoms with van der Waals surface area (Å²) in [6, 6.07) is 7.22. The minimum Gasteiger partial charge on any atom is -0.494 e. The predicted molar refractivity (Wildman–Crippen MR) is 93.9 cm³/mol. The van der Waals surface area contributed by atoms with Crippen molar-refractivity contribution >= 4 is 22.4 Å². The Morgan fingerprint density at radius 1 is 1.29 bits per heavy atom. The van der Waals surface area contributed by atoms with E-state index in [9.17, 15) is 4.79 Å². The van der Waals surface area contributed by atoms with E-state index in [2.05, 4.69) is 22.2 Å². The summed E-state index contributed by atoms with van der Waals surface area (Å²) in [6.45, 7) is 4.41. The molecule has 24 heavy (non-hydrogen) atoms. The van der Waals surface area contributed by atoms with Crippen LogP contribution in [0.25, 0.3) is 0 Å². The van der Waals surface area contributed by atoms with Crippen molar-refractivity contribution in [2.24, 2.45) is 0 Å². The summed E-state index contributed by atoms with van der Waals surface area (Å²) in [4.78, 5) is 20.0. The van der Waals surface area contributed by atoms with E-state index >= 15 is 0 Å². The maximum atomic E-state index is 12.0. The van der Waals surface area contributed by atoms with Crippen LogP contribution in [0.2, 0.25) is 0 Å². The van der Waals surface area contributed by atoms with Crippen molar-refractivity contribution in [2.75, 3.05) is 32.1 Å². The number of carbonyl (C=O) groups is 1. The van der Waals surface area contributed by atoms with Crippen LogP contribution in [0.4, 0.5) is 5.13 Å². The van der Waals surface area contributed by atoms with Gasteiger partial charge in [-0.3, -0.25) is 10.1 Å². The van der Waals surface area contributed by atoms with Gasteiger partial charge in [0.2, 0.25) is 0 Å². The Morgan fingerprint density at radius 2 is 2.00 bits per heavy atom. The summed E-state index contributed by atoms with van der Waals surface area (Å²) in [7, 11) is 2.09. The lowest BCUT2D eigenvalue weighted by Crippen LogP contribution is -2.25. The van der Waals surface area contributed by atoms with E-state index in [1.165, 1.54) is 16.2 Å². The van der Waals surface area contributed by atoms with Gasteiger partial charge in [0.05, 0.1) is 12.3 Å². The summed E-state index contributed by atoms with van der Waals surface area (Å²) >= 11 is 1.54. The molecule has 0 saturated carbocycles. The summed E-state index contributed by atoms with van der Waals surface area (Å²) in [5, 5.41) is 3.46. The third kappa shape index (κ3) is 4.24. The summed E-state index contributed by atoms with van der Waals surface area (Å²) in [5.41, 5.74) is 1.10. The first kappa shape index (κ1) is 16.7. The van der Waals surface area contributed by atoms with Gasteiger partial charge >= 0.3 is 0 Å². The second-order valence-corrected chi connectivity index (χ2v) is 6.70. The molecule has 128 valence electrons. The average Bonchev–Trinajstić information content (AvgIpc) is 2.95. The van der Waals surface area contributed by atoms with E-state index in [1.807, 2.05) is 19.1 Å². The van der Waals surface area contributed by atoms with Gasteiger partial charge in [-0.2, -0.15) is 0 Å². The van der Waals surface area contributed by atoms with E-state index in [-0.39, 0.29) is 12.5 Å². The van der Waals surface area contributed by atoms with Crippen LogP contribution in [0.5, 0.6) is 11.5 Å². The highest BCUT2D eigenvalue weighted by Crippen LogP contribution is 2.27. The topological polar surface area (TPSA) is 63.7 Å². The maximum absolute atomic E-state index is 12.0. The number of aromatic nitrogens is 1. The van der Waals surface area contributed by atoms with Crippen molar-refractivity contribution in [3.05, 3.63) is 34.8 Å². The molecule has 1 aliphatic heterocycles. The van der Waals surface area contributed by atoms with Crippen LogP contribution in [0.1, 0.15) is 17.5 Å². The number of hydrogen-bond donors (Lipinski definition) is 1. The Kier molecular flexibility index (Phi) is 5.32. The maximum Gasteiger partial charge on any atom is 0.264 e. The molecule has 1 aliphatic rings. The van der Waals surface area contributed by atoms with Crippen molar-refractivity contribution in [2.45, 2.75) is 19.9 Å². The van der Waals surface area contributed by atoms with Gasteiger partial charge in [0.1, 0.15) is 11.5 Å². The van der Waals surface area contributed by atoms with E-state index < -0.39 is 0 Å². The molecule has 0 fully saturated rings. The van der Waals surface area contributed by atoms with Gasteiger partial charge in [0.25, 0.3) is 5.91 Å². The number of ether oxygens (including phenoxy) is 2. The van der Waals surface area contributed by atoms with Crippen LogP contribution in [0.3, 0.4) is 0 Å². The second kappa shape index (κ2) is 7.63. The Morgan fingerprint density at radius 3 is 2.71 bits per heavy atom. The van der Waals surface area contributed by atoms with Gasteiger partial charge in [-0.1, -0.05) is 0 Å². The first-order valence-electron chi connectivity index (χ1n) is 7.96. The van der Waals surface area contributed by atoms with Crippen LogP contribution in [-0.4, -0.2) is 42.6 Å². The number of nitrogens with zero attached hydrogens (tertiary/aromatic N) is 2. The number of hydrogen-bond acceptors (Lipinski definition) is 6. The van der Waals surface area contributed by atoms with Crippen molar-refractivity contribution in [1.82, 2.24) is 9.88 Å². The zero-order chi connectivity index (χ0) is 16.9. The highest BCUT2D eigenvalue weighted by Gasteiger charge is 2.19. The van der Waals surface area contributed by atoms with Crippen LogP contribution < -0.4 is 14.8 Å². The fraction of sp³-hybridized carbons (Fsp3) is 0.412. The summed E-state index contributed by atoms with van der Waals surface area (Å²) < 4.78 is 10.9. The molecule has 0 bridgehead atoms. The Bertz CT molecular complexity index is 700. The number of amides is 1. The van der Waals surface area contributed by atoms with E-state index in [4.69, 9.17) is 9.47 Å². The quantitative estimate of drug-likeness (QED) is 0.870. The highest BCUT2D eigenvalue weighted by atomic mass is 32.1. The predicted octanol–water partition coefficient (Wildman–Crippen LogP) is 2.55. The van der Waals surface area contributed by atoms with Gasteiger partial charge in [-0.25, -0.2) is 4.98 Å². The molecule has 0 saturated heterocycles. The van der Waals surface area contributed by atoms with Gasteiger partial charge in [0, 0.05) is 24.4 Å². The number of carbonyl (C=O) groups excluding carboxylic acids is 1. The number of thiazole rings is 1. The van der Waals surface area contributed by atoms with Crippen molar-refractivity contribution < 1.29 is 14.3 Å². The Balaban J connectivity index is 1.50. The van der Waals surface area contributed by atoms with Crippen molar-refractivity contribution in [3.63, 3.8) is 0 Å². The van der Waals surface area contributed by atoms with Gasteiger partial charge in [-0.15, -0.1) is 11.3 Å². The zero-order valence-corrected chi connectivity index (χ0v) is 14.7. The minimum absolute atomic E-state index is 0.0435. The average molecular weight is 347 g/mol. The number of rotatable bonds is 6. The largest absolute Gasteiger partial charge is 0.494 e. The molecule has 2 heterocycles. The third-order valence-corrected chi connectivity index (χ3v) is 4.67. The van der Waals surface area contributed by atoms with Crippen molar-refractivity contribution in [1.29, 1.82) is 0 Å². The fourth-order valence-electron chi connectivity index (χ4n) is 2.48. The number of nitrogens with one attached hydrogen (secondary N) is 1. The van der Waals surface area contributed by atoms with Crippen LogP contribution in [0, 0.1) is 0 Å². The molecule has 1 N–H and O–H groups in total. The summed E-state index contributed by atoms with van der Waals surface area (Å²) in [5.74, 6) is 1.21. The van der Waals surface area contributed by atoms with E-state index in [0.29, 0.717) is 17.5 Å². The standard InChI is InChI=1S/C17H21N3O3S/c1-3-22-12-4-6-13(7-5-12)23-11-16(21)19-17-18-14-8-9-20(2)10-15(14)24-17/h4-7H,3,8-11H2,1-2H3,(H,18,19,21). The van der Waals surface area contributed by atoms with Gasteiger partial charge in [-0.05, 0) is 38.2 Å². The molecule has 1 amide bonds. The zero-order valence-electron chi connectivity index (χ0n) is 13.9. The molecule has 0 spiro atoms. The molecular formula is C17H21N3O3S. The lowest BCUT2D eigenvalue weighted by molar-refractivity contribution is -0.118. The van der Waals surface area contributed by atoms with Crippen LogP contribution in [-0.2, 0) is 17.8 Å². The monoisotopic (exact) mass is 347 g/mol. The smallest absolute Gasteiger partial charge is 0.264 e. The Labute approximate surface area is 145 Å². The summed E-state index contributed by atoms with van der Waals surface area (Å²) in [6.07, 6.45) is 0.931. The molecule has 7 heteroatoms. The van der Waals surface area contributed by atoms with Crippen LogP contribution >= 0.6 is 11.3 Å². The number of benzene rings is 1.